The van der Waals surface area contributed by atoms with Gasteiger partial charge in [0.25, 0.3) is 0 Å². The van der Waals surface area contributed by atoms with Gasteiger partial charge in [-0.05, 0) is 63.2 Å². The first kappa shape index (κ1) is 21.3. The lowest BCUT2D eigenvalue weighted by molar-refractivity contribution is 0.0365. The molecule has 2 aromatic rings. The first-order chi connectivity index (χ1) is 14.6. The Kier molecular flexibility index (Phi) is 6.71. The molecule has 2 aliphatic heterocycles. The Labute approximate surface area is 185 Å². The summed E-state index contributed by atoms with van der Waals surface area (Å²) < 4.78 is 7.87. The van der Waals surface area contributed by atoms with Crippen LogP contribution in [0.1, 0.15) is 48.1 Å². The third-order valence-corrected chi connectivity index (χ3v) is 6.77. The lowest BCUT2D eigenvalue weighted by atomic mass is 9.96. The molecule has 0 spiro atoms. The molecule has 30 heavy (non-hydrogen) atoms. The Morgan fingerprint density at radius 2 is 2.00 bits per heavy atom. The maximum atomic E-state index is 5.82. The van der Waals surface area contributed by atoms with Crippen LogP contribution in [0, 0.1) is 13.8 Å². The average molecular weight is 428 g/mol. The quantitative estimate of drug-likeness (QED) is 0.685. The fraction of sp³-hybridized carbons (Fsp3) is 0.565. The number of hydrogen-bond acceptors (Lipinski definition) is 4. The Bertz CT molecular complexity index is 862. The van der Waals surface area contributed by atoms with E-state index in [2.05, 4.69) is 63.6 Å². The van der Waals surface area contributed by atoms with Crippen molar-refractivity contribution in [2.75, 3.05) is 39.4 Å². The van der Waals surface area contributed by atoms with E-state index in [0.29, 0.717) is 0 Å². The molecule has 0 amide bonds. The summed E-state index contributed by atoms with van der Waals surface area (Å²) >= 11 is 5.82. The highest BCUT2D eigenvalue weighted by atomic mass is 32.1. The topological polar surface area (TPSA) is 45.6 Å². The molecule has 2 atom stereocenters. The number of nitrogens with zero attached hydrogens (tertiary/aromatic N) is 4. The third-order valence-electron chi connectivity index (χ3n) is 6.42. The molecule has 2 aliphatic rings. The van der Waals surface area contributed by atoms with Crippen LogP contribution in [0.3, 0.4) is 0 Å². The van der Waals surface area contributed by atoms with Crippen LogP contribution in [0.5, 0.6) is 0 Å². The van der Waals surface area contributed by atoms with Crippen LogP contribution >= 0.6 is 12.2 Å². The molecule has 0 aliphatic carbocycles. The van der Waals surface area contributed by atoms with Gasteiger partial charge in [0, 0.05) is 50.3 Å². The molecule has 7 heteroatoms. The van der Waals surface area contributed by atoms with E-state index < -0.39 is 0 Å². The minimum atomic E-state index is 0.0629. The standard InChI is InChI=1S/C23H33N5OS/c1-4-27-17(2)16-19(18(27)3)22-21(20-8-5-6-9-24-20)25-23(30)28(22)11-7-10-26-12-14-29-15-13-26/h5-6,8-9,16,21-22H,4,7,10-15H2,1-3H3,(H,25,30). The zero-order valence-corrected chi connectivity index (χ0v) is 19.1. The number of nitrogens with one attached hydrogen (secondary N) is 1. The zero-order valence-electron chi connectivity index (χ0n) is 18.3. The molecule has 2 fully saturated rings. The van der Waals surface area contributed by atoms with Gasteiger partial charge < -0.3 is 19.5 Å². The van der Waals surface area contributed by atoms with Gasteiger partial charge in [-0.2, -0.15) is 0 Å². The van der Waals surface area contributed by atoms with Crippen molar-refractivity contribution < 1.29 is 4.74 Å². The summed E-state index contributed by atoms with van der Waals surface area (Å²) in [4.78, 5) is 9.54. The number of pyridine rings is 1. The molecule has 6 nitrogen and oxygen atoms in total. The van der Waals surface area contributed by atoms with Crippen molar-refractivity contribution >= 4 is 17.3 Å². The van der Waals surface area contributed by atoms with Gasteiger partial charge in [-0.15, -0.1) is 0 Å². The van der Waals surface area contributed by atoms with Crippen LogP contribution in [0.2, 0.25) is 0 Å². The van der Waals surface area contributed by atoms with Crippen molar-refractivity contribution in [2.45, 2.75) is 45.8 Å². The van der Waals surface area contributed by atoms with Crippen molar-refractivity contribution in [3.63, 3.8) is 0 Å². The number of morpholine rings is 1. The molecule has 4 heterocycles. The summed E-state index contributed by atoms with van der Waals surface area (Å²) in [5.41, 5.74) is 5.02. The summed E-state index contributed by atoms with van der Waals surface area (Å²) in [7, 11) is 0. The number of rotatable bonds is 7. The van der Waals surface area contributed by atoms with Crippen molar-refractivity contribution in [2.24, 2.45) is 0 Å². The molecular weight excluding hydrogens is 394 g/mol. The molecule has 0 saturated carbocycles. The van der Waals surface area contributed by atoms with E-state index in [1.165, 1.54) is 17.0 Å². The van der Waals surface area contributed by atoms with E-state index >= 15 is 0 Å². The Morgan fingerprint density at radius 3 is 2.67 bits per heavy atom. The van der Waals surface area contributed by atoms with Crippen LogP contribution in [-0.2, 0) is 11.3 Å². The fourth-order valence-electron chi connectivity index (χ4n) is 4.89. The summed E-state index contributed by atoms with van der Waals surface area (Å²) in [5, 5.41) is 4.42. The number of ether oxygens (including phenoxy) is 1. The predicted octanol–water partition coefficient (Wildman–Crippen LogP) is 3.21. The molecule has 0 bridgehead atoms. The summed E-state index contributed by atoms with van der Waals surface area (Å²) in [6.07, 6.45) is 2.95. The van der Waals surface area contributed by atoms with Crippen LogP contribution < -0.4 is 5.32 Å². The minimum absolute atomic E-state index is 0.0629. The van der Waals surface area contributed by atoms with Gasteiger partial charge in [-0.25, -0.2) is 0 Å². The molecule has 2 aromatic heterocycles. The minimum Gasteiger partial charge on any atom is -0.379 e. The normalized spacial score (nSPS) is 22.5. The highest BCUT2D eigenvalue weighted by molar-refractivity contribution is 7.80. The highest BCUT2D eigenvalue weighted by Crippen LogP contribution is 2.40. The third kappa shape index (κ3) is 4.24. The van der Waals surface area contributed by atoms with Crippen molar-refractivity contribution in [3.8, 4) is 0 Å². The second kappa shape index (κ2) is 9.45. The van der Waals surface area contributed by atoms with E-state index in [4.69, 9.17) is 17.0 Å². The molecule has 2 unspecified atom stereocenters. The van der Waals surface area contributed by atoms with E-state index in [-0.39, 0.29) is 12.1 Å². The van der Waals surface area contributed by atoms with E-state index in [1.807, 2.05) is 12.3 Å². The van der Waals surface area contributed by atoms with Crippen molar-refractivity contribution in [1.82, 2.24) is 24.7 Å². The lowest BCUT2D eigenvalue weighted by Crippen LogP contribution is -2.39. The van der Waals surface area contributed by atoms with Gasteiger partial charge in [0.05, 0.1) is 31.0 Å². The van der Waals surface area contributed by atoms with Gasteiger partial charge in [-0.1, -0.05) is 6.07 Å². The number of aromatic nitrogens is 2. The van der Waals surface area contributed by atoms with Crippen LogP contribution in [0.25, 0.3) is 0 Å². The lowest BCUT2D eigenvalue weighted by Gasteiger charge is -2.30. The van der Waals surface area contributed by atoms with Crippen molar-refractivity contribution in [1.29, 1.82) is 0 Å². The van der Waals surface area contributed by atoms with E-state index in [9.17, 15) is 0 Å². The molecule has 162 valence electrons. The second-order valence-corrected chi connectivity index (χ2v) is 8.58. The first-order valence-electron chi connectivity index (χ1n) is 11.0. The van der Waals surface area contributed by atoms with Gasteiger partial charge in [-0.3, -0.25) is 9.88 Å². The molecule has 0 radical (unpaired) electrons. The van der Waals surface area contributed by atoms with Gasteiger partial charge >= 0.3 is 0 Å². The molecule has 0 aromatic carbocycles. The summed E-state index contributed by atoms with van der Waals surface area (Å²) in [6.45, 7) is 13.4. The fourth-order valence-corrected chi connectivity index (χ4v) is 5.22. The molecule has 4 rings (SSSR count). The van der Waals surface area contributed by atoms with E-state index in [0.717, 1.165) is 63.2 Å². The second-order valence-electron chi connectivity index (χ2n) is 8.20. The monoisotopic (exact) mass is 427 g/mol. The molecular formula is C23H33N5OS. The molecule has 2 saturated heterocycles. The van der Waals surface area contributed by atoms with Gasteiger partial charge in [0.2, 0.25) is 0 Å². The van der Waals surface area contributed by atoms with Crippen LogP contribution in [0.4, 0.5) is 0 Å². The Hall–Kier alpha value is -1.96. The smallest absolute Gasteiger partial charge is 0.170 e. The maximum absolute atomic E-state index is 5.82. The average Bonchev–Trinajstić information content (AvgIpc) is 3.24. The summed E-state index contributed by atoms with van der Waals surface area (Å²) in [6, 6.07) is 8.68. The number of hydrogen-bond donors (Lipinski definition) is 1. The zero-order chi connectivity index (χ0) is 21.1. The predicted molar refractivity (Wildman–Crippen MR) is 124 cm³/mol. The number of aryl methyl sites for hydroxylation is 1. The van der Waals surface area contributed by atoms with Crippen molar-refractivity contribution in [3.05, 3.63) is 53.1 Å². The largest absolute Gasteiger partial charge is 0.379 e. The highest BCUT2D eigenvalue weighted by Gasteiger charge is 2.41. The van der Waals surface area contributed by atoms with Crippen LogP contribution in [-0.4, -0.2) is 63.9 Å². The Balaban J connectivity index is 1.59. The maximum Gasteiger partial charge on any atom is 0.170 e. The SMILES string of the molecule is CCn1c(C)cc(C2C(c3ccccn3)NC(=S)N2CCCN2CCOCC2)c1C. The molecule has 1 N–H and O–H groups in total. The van der Waals surface area contributed by atoms with Crippen LogP contribution in [0.15, 0.2) is 30.5 Å². The first-order valence-corrected chi connectivity index (χ1v) is 11.5. The van der Waals surface area contributed by atoms with Gasteiger partial charge in [0.15, 0.2) is 5.11 Å². The Morgan fingerprint density at radius 1 is 1.20 bits per heavy atom. The van der Waals surface area contributed by atoms with Gasteiger partial charge in [0.1, 0.15) is 0 Å². The number of thiocarbonyl (C=S) groups is 1. The van der Waals surface area contributed by atoms with E-state index in [1.54, 1.807) is 0 Å². The summed E-state index contributed by atoms with van der Waals surface area (Å²) in [5.74, 6) is 0.